The molecule has 1 aliphatic rings. The topological polar surface area (TPSA) is 9.23 Å². The lowest BCUT2D eigenvalue weighted by molar-refractivity contribution is 0.195. The quantitative estimate of drug-likeness (QED) is 0.432. The van der Waals surface area contributed by atoms with E-state index in [4.69, 9.17) is 4.74 Å². The first-order valence-corrected chi connectivity index (χ1v) is 5.09. The molecule has 0 spiro atoms. The zero-order valence-corrected chi connectivity index (χ0v) is 8.40. The van der Waals surface area contributed by atoms with Crippen molar-refractivity contribution < 1.29 is 22.3 Å². The third-order valence-corrected chi connectivity index (χ3v) is 2.67. The van der Waals surface area contributed by atoms with E-state index in [1.807, 2.05) is 0 Å². The molecule has 0 unspecified atom stereocenters. The average molecular weight is 234 g/mol. The molecule has 0 heterocycles. The fourth-order valence-corrected chi connectivity index (χ4v) is 1.82. The molecule has 1 saturated carbocycles. The Morgan fingerprint density at radius 2 is 1.56 bits per heavy atom. The van der Waals surface area contributed by atoms with Crippen LogP contribution in [0.15, 0.2) is 6.07 Å². The van der Waals surface area contributed by atoms with Crippen LogP contribution < -0.4 is 4.74 Å². The van der Waals surface area contributed by atoms with Gasteiger partial charge in [0.05, 0.1) is 6.10 Å². The van der Waals surface area contributed by atoms with Crippen LogP contribution in [0.25, 0.3) is 0 Å². The van der Waals surface area contributed by atoms with Crippen molar-refractivity contribution in [3.63, 3.8) is 0 Å². The zero-order valence-electron chi connectivity index (χ0n) is 8.40. The first kappa shape index (κ1) is 11.2. The number of ether oxygens (including phenoxy) is 1. The lowest BCUT2D eigenvalue weighted by Gasteiger charge is -2.14. The predicted octanol–water partition coefficient (Wildman–Crippen LogP) is 3.56. The molecule has 0 aromatic heterocycles. The van der Waals surface area contributed by atoms with Gasteiger partial charge in [0, 0.05) is 6.07 Å². The summed E-state index contributed by atoms with van der Waals surface area (Å²) in [6.45, 7) is 0. The fourth-order valence-electron chi connectivity index (χ4n) is 1.82. The highest BCUT2D eigenvalue weighted by atomic mass is 19.2. The molecule has 1 aromatic rings. The maximum Gasteiger partial charge on any atom is 0.203 e. The molecule has 0 amide bonds. The summed E-state index contributed by atoms with van der Waals surface area (Å²) >= 11 is 0. The van der Waals surface area contributed by atoms with E-state index in [1.54, 1.807) is 0 Å². The van der Waals surface area contributed by atoms with E-state index in [-0.39, 0.29) is 6.10 Å². The van der Waals surface area contributed by atoms with Crippen LogP contribution in [0.3, 0.4) is 0 Å². The third-order valence-electron chi connectivity index (χ3n) is 2.67. The molecule has 5 heteroatoms. The summed E-state index contributed by atoms with van der Waals surface area (Å²) in [7, 11) is 0. The SMILES string of the molecule is Fc1cc(OC2CCCC2)c(F)c(F)c1F. The van der Waals surface area contributed by atoms with Crippen LogP contribution in [0.2, 0.25) is 0 Å². The number of hydrogen-bond donors (Lipinski definition) is 0. The van der Waals surface area contributed by atoms with E-state index in [1.165, 1.54) is 0 Å². The average Bonchev–Trinajstić information content (AvgIpc) is 2.76. The Balaban J connectivity index is 2.26. The second-order valence-corrected chi connectivity index (χ2v) is 3.82. The van der Waals surface area contributed by atoms with Crippen molar-refractivity contribution in [1.82, 2.24) is 0 Å². The van der Waals surface area contributed by atoms with Crippen LogP contribution in [-0.4, -0.2) is 6.10 Å². The van der Waals surface area contributed by atoms with Gasteiger partial charge in [-0.05, 0) is 25.7 Å². The zero-order chi connectivity index (χ0) is 11.7. The monoisotopic (exact) mass is 234 g/mol. The van der Waals surface area contributed by atoms with Gasteiger partial charge in [-0.3, -0.25) is 0 Å². The lowest BCUT2D eigenvalue weighted by Crippen LogP contribution is -2.13. The second-order valence-electron chi connectivity index (χ2n) is 3.82. The third kappa shape index (κ3) is 1.99. The van der Waals surface area contributed by atoms with E-state index in [0.717, 1.165) is 25.7 Å². The molecule has 1 nitrogen and oxygen atoms in total. The Hall–Kier alpha value is -1.26. The maximum absolute atomic E-state index is 13.2. The molecule has 88 valence electrons. The van der Waals surface area contributed by atoms with Gasteiger partial charge in [-0.25, -0.2) is 13.2 Å². The minimum Gasteiger partial charge on any atom is -0.487 e. The van der Waals surface area contributed by atoms with Gasteiger partial charge < -0.3 is 4.74 Å². The summed E-state index contributed by atoms with van der Waals surface area (Å²) in [5.41, 5.74) is 0. The van der Waals surface area contributed by atoms with Crippen molar-refractivity contribution in [2.75, 3.05) is 0 Å². The number of halogens is 4. The largest absolute Gasteiger partial charge is 0.487 e. The van der Waals surface area contributed by atoms with Crippen molar-refractivity contribution in [2.24, 2.45) is 0 Å². The van der Waals surface area contributed by atoms with Crippen molar-refractivity contribution >= 4 is 0 Å². The minimum absolute atomic E-state index is 0.237. The molecular formula is C11H10F4O. The van der Waals surface area contributed by atoms with Gasteiger partial charge in [-0.1, -0.05) is 0 Å². The number of rotatable bonds is 2. The molecule has 16 heavy (non-hydrogen) atoms. The highest BCUT2D eigenvalue weighted by Crippen LogP contribution is 2.29. The van der Waals surface area contributed by atoms with Crippen molar-refractivity contribution in [1.29, 1.82) is 0 Å². The first-order valence-electron chi connectivity index (χ1n) is 5.09. The Morgan fingerprint density at radius 1 is 0.938 bits per heavy atom. The second kappa shape index (κ2) is 4.31. The van der Waals surface area contributed by atoms with Crippen LogP contribution in [0, 0.1) is 23.3 Å². The van der Waals surface area contributed by atoms with Gasteiger partial charge in [0.2, 0.25) is 11.6 Å². The summed E-state index contributed by atoms with van der Waals surface area (Å²) in [4.78, 5) is 0. The Morgan fingerprint density at radius 3 is 2.19 bits per heavy atom. The molecule has 0 radical (unpaired) electrons. The summed E-state index contributed by atoms with van der Waals surface area (Å²) in [6.07, 6.45) is 3.09. The van der Waals surface area contributed by atoms with Crippen molar-refractivity contribution in [2.45, 2.75) is 31.8 Å². The van der Waals surface area contributed by atoms with Gasteiger partial charge in [0.25, 0.3) is 0 Å². The predicted molar refractivity (Wildman–Crippen MR) is 49.2 cm³/mol. The van der Waals surface area contributed by atoms with Crippen LogP contribution in [-0.2, 0) is 0 Å². The summed E-state index contributed by atoms with van der Waals surface area (Å²) in [5, 5.41) is 0. The highest BCUT2D eigenvalue weighted by Gasteiger charge is 2.23. The van der Waals surface area contributed by atoms with Crippen LogP contribution in [0.1, 0.15) is 25.7 Å². The molecular weight excluding hydrogens is 224 g/mol. The number of benzene rings is 1. The summed E-state index contributed by atoms with van der Waals surface area (Å²) in [5.74, 6) is -7.09. The molecule has 1 aliphatic carbocycles. The highest BCUT2D eigenvalue weighted by molar-refractivity contribution is 5.27. The Labute approximate surface area is 90.0 Å². The van der Waals surface area contributed by atoms with E-state index in [0.29, 0.717) is 6.07 Å². The van der Waals surface area contributed by atoms with Crippen molar-refractivity contribution in [3.05, 3.63) is 29.3 Å². The normalized spacial score (nSPS) is 16.8. The van der Waals surface area contributed by atoms with Crippen molar-refractivity contribution in [3.8, 4) is 5.75 Å². The Bertz CT molecular complexity index is 399. The van der Waals surface area contributed by atoms with Gasteiger partial charge in [-0.15, -0.1) is 0 Å². The van der Waals surface area contributed by atoms with Gasteiger partial charge in [0.1, 0.15) is 0 Å². The summed E-state index contributed by atoms with van der Waals surface area (Å²) in [6, 6.07) is 0.548. The maximum atomic E-state index is 13.2. The molecule has 1 fully saturated rings. The molecule has 0 bridgehead atoms. The fraction of sp³-hybridized carbons (Fsp3) is 0.455. The van der Waals surface area contributed by atoms with E-state index in [9.17, 15) is 17.6 Å². The molecule has 2 rings (SSSR count). The molecule has 0 saturated heterocycles. The molecule has 1 aromatic carbocycles. The van der Waals surface area contributed by atoms with E-state index in [2.05, 4.69) is 0 Å². The summed E-state index contributed by atoms with van der Waals surface area (Å²) < 4.78 is 56.6. The molecule has 0 aliphatic heterocycles. The smallest absolute Gasteiger partial charge is 0.203 e. The van der Waals surface area contributed by atoms with Gasteiger partial charge in [-0.2, -0.15) is 4.39 Å². The van der Waals surface area contributed by atoms with Crippen LogP contribution >= 0.6 is 0 Å². The van der Waals surface area contributed by atoms with Crippen LogP contribution in [0.5, 0.6) is 5.75 Å². The van der Waals surface area contributed by atoms with E-state index >= 15 is 0 Å². The number of hydrogen-bond acceptors (Lipinski definition) is 1. The standard InChI is InChI=1S/C11H10F4O/c12-7-5-8(10(14)11(15)9(7)13)16-6-3-1-2-4-6/h5-6H,1-4H2. The molecule has 0 atom stereocenters. The molecule has 0 N–H and O–H groups in total. The van der Waals surface area contributed by atoms with E-state index < -0.39 is 29.0 Å². The van der Waals surface area contributed by atoms with Gasteiger partial charge in [0.15, 0.2) is 17.4 Å². The minimum atomic E-state index is -1.83. The Kier molecular flexibility index (Phi) is 3.03. The van der Waals surface area contributed by atoms with Gasteiger partial charge >= 0.3 is 0 Å². The lowest BCUT2D eigenvalue weighted by atomic mass is 10.2. The van der Waals surface area contributed by atoms with Crippen LogP contribution in [0.4, 0.5) is 17.6 Å². The first-order chi connectivity index (χ1) is 7.59.